The minimum absolute atomic E-state index is 0.412. The maximum atomic E-state index is 11.2. The van der Waals surface area contributed by atoms with E-state index in [1.54, 1.807) is 12.4 Å². The van der Waals surface area contributed by atoms with Crippen LogP contribution in [0, 0.1) is 0 Å². The van der Waals surface area contributed by atoms with Crippen LogP contribution in [-0.4, -0.2) is 23.3 Å². The first-order valence-electron chi connectivity index (χ1n) is 4.35. The highest BCUT2D eigenvalue weighted by molar-refractivity contribution is 6.35. The molecule has 1 aromatic rings. The van der Waals surface area contributed by atoms with E-state index in [-0.39, 0.29) is 0 Å². The summed E-state index contributed by atoms with van der Waals surface area (Å²) >= 11 is 0. The predicted octanol–water partition coefficient (Wildman–Crippen LogP) is -0.524. The van der Waals surface area contributed by atoms with Crippen LogP contribution >= 0.6 is 0 Å². The Morgan fingerprint density at radius 2 is 2.14 bits per heavy atom. The number of rotatable bonds is 1. The largest absolute Gasteiger partial charge is 0.367 e. The van der Waals surface area contributed by atoms with Crippen LogP contribution in [0.2, 0.25) is 0 Å². The zero-order chi connectivity index (χ0) is 10.2. The predicted molar refractivity (Wildman–Crippen MR) is 49.3 cm³/mol. The van der Waals surface area contributed by atoms with Crippen LogP contribution in [0.15, 0.2) is 18.5 Å². The molecule has 0 aliphatic carbocycles. The third-order valence-corrected chi connectivity index (χ3v) is 2.43. The van der Waals surface area contributed by atoms with E-state index >= 15 is 0 Å². The molecule has 2 heterocycles. The number of hydrogen-bond donors (Lipinski definition) is 3. The number of aromatic amines is 1. The molecule has 1 saturated heterocycles. The molecule has 0 bridgehead atoms. The monoisotopic (exact) mass is 193 g/mol. The Labute approximate surface area is 80.9 Å². The van der Waals surface area contributed by atoms with Crippen molar-refractivity contribution in [3.8, 4) is 0 Å². The fourth-order valence-electron chi connectivity index (χ4n) is 1.53. The van der Waals surface area contributed by atoms with Gasteiger partial charge in [0, 0.05) is 18.9 Å². The van der Waals surface area contributed by atoms with Crippen molar-refractivity contribution in [1.82, 2.24) is 15.6 Å². The molecule has 0 saturated carbocycles. The van der Waals surface area contributed by atoms with Crippen molar-refractivity contribution in [2.75, 3.05) is 6.54 Å². The maximum absolute atomic E-state index is 11.2. The first-order chi connectivity index (χ1) is 6.62. The van der Waals surface area contributed by atoms with Crippen molar-refractivity contribution in [2.24, 2.45) is 0 Å². The summed E-state index contributed by atoms with van der Waals surface area (Å²) in [5, 5.41) is 5.22. The van der Waals surface area contributed by atoms with Crippen molar-refractivity contribution in [1.29, 1.82) is 0 Å². The zero-order valence-electron chi connectivity index (χ0n) is 7.76. The fourth-order valence-corrected chi connectivity index (χ4v) is 1.53. The van der Waals surface area contributed by atoms with Gasteiger partial charge in [-0.1, -0.05) is 0 Å². The molecule has 3 N–H and O–H groups in total. The van der Waals surface area contributed by atoms with E-state index in [0.717, 1.165) is 5.56 Å². The summed E-state index contributed by atoms with van der Waals surface area (Å²) in [6.07, 6.45) is 3.58. The molecule has 0 spiro atoms. The molecule has 2 rings (SSSR count). The summed E-state index contributed by atoms with van der Waals surface area (Å²) in [5.74, 6) is -1.15. The fraction of sp³-hybridized carbons (Fsp3) is 0.333. The topological polar surface area (TPSA) is 74.0 Å². The van der Waals surface area contributed by atoms with Gasteiger partial charge in [0.05, 0.1) is 5.54 Å². The molecule has 1 aliphatic heterocycles. The zero-order valence-corrected chi connectivity index (χ0v) is 7.76. The highest BCUT2D eigenvalue weighted by atomic mass is 16.2. The van der Waals surface area contributed by atoms with E-state index < -0.39 is 17.4 Å². The van der Waals surface area contributed by atoms with Gasteiger partial charge in [0.2, 0.25) is 0 Å². The van der Waals surface area contributed by atoms with Crippen LogP contribution in [-0.2, 0) is 15.1 Å². The molecule has 5 heteroatoms. The molecule has 0 aromatic carbocycles. The van der Waals surface area contributed by atoms with Gasteiger partial charge in [0.25, 0.3) is 0 Å². The minimum atomic E-state index is -0.583. The molecule has 1 unspecified atom stereocenters. The normalized spacial score (nSPS) is 26.9. The number of aromatic nitrogens is 1. The second kappa shape index (κ2) is 2.87. The first kappa shape index (κ1) is 8.80. The maximum Gasteiger partial charge on any atom is 0.310 e. The Hall–Kier alpha value is -1.78. The van der Waals surface area contributed by atoms with E-state index in [1.807, 2.05) is 13.0 Å². The lowest BCUT2D eigenvalue weighted by atomic mass is 9.92. The van der Waals surface area contributed by atoms with Crippen LogP contribution in [0.1, 0.15) is 12.5 Å². The third kappa shape index (κ3) is 1.26. The van der Waals surface area contributed by atoms with Gasteiger partial charge in [-0.15, -0.1) is 0 Å². The van der Waals surface area contributed by atoms with Gasteiger partial charge < -0.3 is 15.6 Å². The van der Waals surface area contributed by atoms with Crippen LogP contribution in [0.3, 0.4) is 0 Å². The number of carbonyl (C=O) groups is 2. The molecule has 1 aromatic heterocycles. The van der Waals surface area contributed by atoms with E-state index in [0.29, 0.717) is 6.54 Å². The lowest BCUT2D eigenvalue weighted by Crippen LogP contribution is -2.60. The third-order valence-electron chi connectivity index (χ3n) is 2.43. The van der Waals surface area contributed by atoms with Gasteiger partial charge in [-0.25, -0.2) is 0 Å². The Morgan fingerprint density at radius 1 is 1.36 bits per heavy atom. The van der Waals surface area contributed by atoms with Crippen molar-refractivity contribution in [2.45, 2.75) is 12.5 Å². The molecule has 14 heavy (non-hydrogen) atoms. The van der Waals surface area contributed by atoms with Gasteiger partial charge in [0.1, 0.15) is 0 Å². The van der Waals surface area contributed by atoms with Crippen LogP contribution in [0.25, 0.3) is 0 Å². The molecule has 5 nitrogen and oxygen atoms in total. The smallest absolute Gasteiger partial charge is 0.310 e. The molecule has 1 atom stereocenters. The van der Waals surface area contributed by atoms with Crippen LogP contribution < -0.4 is 10.6 Å². The summed E-state index contributed by atoms with van der Waals surface area (Å²) in [6, 6.07) is 1.87. The van der Waals surface area contributed by atoms with Gasteiger partial charge >= 0.3 is 11.8 Å². The molecular formula is C9H11N3O2. The van der Waals surface area contributed by atoms with E-state index in [2.05, 4.69) is 15.6 Å². The molecule has 2 amide bonds. The molecular weight excluding hydrogens is 182 g/mol. The van der Waals surface area contributed by atoms with Gasteiger partial charge in [-0.2, -0.15) is 0 Å². The lowest BCUT2D eigenvalue weighted by Gasteiger charge is -2.33. The Balaban J connectivity index is 2.26. The van der Waals surface area contributed by atoms with Crippen molar-refractivity contribution in [3.05, 3.63) is 24.0 Å². The van der Waals surface area contributed by atoms with Gasteiger partial charge in [0.15, 0.2) is 0 Å². The number of piperazine rings is 1. The Morgan fingerprint density at radius 3 is 2.71 bits per heavy atom. The highest BCUT2D eigenvalue weighted by Gasteiger charge is 2.36. The SMILES string of the molecule is CC1(c2cc[nH]c2)CNC(=O)C(=O)N1. The van der Waals surface area contributed by atoms with Crippen LogP contribution in [0.5, 0.6) is 0 Å². The number of amides is 2. The quantitative estimate of drug-likeness (QED) is 0.525. The van der Waals surface area contributed by atoms with Crippen LogP contribution in [0.4, 0.5) is 0 Å². The molecule has 74 valence electrons. The number of carbonyl (C=O) groups excluding carboxylic acids is 2. The second-order valence-electron chi connectivity index (χ2n) is 3.57. The average Bonchev–Trinajstić information content (AvgIpc) is 2.65. The van der Waals surface area contributed by atoms with Gasteiger partial charge in [-0.05, 0) is 18.6 Å². The molecule has 0 radical (unpaired) electrons. The van der Waals surface area contributed by atoms with E-state index in [4.69, 9.17) is 0 Å². The summed E-state index contributed by atoms with van der Waals surface area (Å²) < 4.78 is 0. The van der Waals surface area contributed by atoms with Crippen molar-refractivity contribution in [3.63, 3.8) is 0 Å². The second-order valence-corrected chi connectivity index (χ2v) is 3.57. The number of nitrogens with one attached hydrogen (secondary N) is 3. The number of H-pyrrole nitrogens is 1. The highest BCUT2D eigenvalue weighted by Crippen LogP contribution is 2.20. The molecule has 1 fully saturated rings. The average molecular weight is 193 g/mol. The lowest BCUT2D eigenvalue weighted by molar-refractivity contribution is -0.142. The summed E-state index contributed by atoms with van der Waals surface area (Å²) in [5.41, 5.74) is 0.441. The summed E-state index contributed by atoms with van der Waals surface area (Å²) in [6.45, 7) is 2.28. The molecule has 1 aliphatic rings. The van der Waals surface area contributed by atoms with Gasteiger partial charge in [-0.3, -0.25) is 9.59 Å². The van der Waals surface area contributed by atoms with E-state index in [1.165, 1.54) is 0 Å². The van der Waals surface area contributed by atoms with E-state index in [9.17, 15) is 9.59 Å². The standard InChI is InChI=1S/C9H11N3O2/c1-9(6-2-3-10-4-6)5-11-7(13)8(14)12-9/h2-4,10H,5H2,1H3,(H,11,13)(H,12,14). The van der Waals surface area contributed by atoms with Crippen molar-refractivity contribution >= 4 is 11.8 Å². The minimum Gasteiger partial charge on any atom is -0.367 e. The number of hydrogen-bond acceptors (Lipinski definition) is 2. The Bertz CT molecular complexity index is 371. The van der Waals surface area contributed by atoms with Crippen molar-refractivity contribution < 1.29 is 9.59 Å². The summed E-state index contributed by atoms with van der Waals surface area (Å²) in [7, 11) is 0. The first-order valence-corrected chi connectivity index (χ1v) is 4.35. The summed E-state index contributed by atoms with van der Waals surface area (Å²) in [4.78, 5) is 25.0. The Kier molecular flexibility index (Phi) is 1.80.